The van der Waals surface area contributed by atoms with Gasteiger partial charge in [-0.3, -0.25) is 14.3 Å². The van der Waals surface area contributed by atoms with Crippen molar-refractivity contribution in [2.75, 3.05) is 11.4 Å². The molecule has 0 saturated heterocycles. The van der Waals surface area contributed by atoms with Gasteiger partial charge in [0.25, 0.3) is 10.0 Å². The maximum atomic E-state index is 13.8. The zero-order chi connectivity index (χ0) is 29.2. The van der Waals surface area contributed by atoms with Gasteiger partial charge in [-0.25, -0.2) is 13.1 Å². The number of carbonyl (C=O) groups is 2. The zero-order valence-corrected chi connectivity index (χ0v) is 23.4. The first kappa shape index (κ1) is 29.4. The van der Waals surface area contributed by atoms with Gasteiger partial charge >= 0.3 is 0 Å². The largest absolute Gasteiger partial charge is 0.392 e. The molecule has 1 heterocycles. The molecule has 0 aliphatic carbocycles. The first-order valence-corrected chi connectivity index (χ1v) is 14.7. The second kappa shape index (κ2) is 13.7. The molecule has 212 valence electrons. The molecule has 0 spiro atoms. The Morgan fingerprint density at radius 1 is 0.951 bits per heavy atom. The molecule has 0 bridgehead atoms. The number of aliphatic hydroxyl groups excluding tert-OH is 1. The van der Waals surface area contributed by atoms with Crippen molar-refractivity contribution >= 4 is 33.6 Å². The standard InChI is InChI=1S/C31H32N4O5S/c1-2-35(28-15-13-26(23-36)14-16-28)31(38)29(19-27-20-32-34(22-27)21-25-11-7-4-8-12-25)30(37)33-41(39,40)18-17-24-9-5-3-6-10-24/h3-18,20,22,29,36H,2,19,21,23H2,1H3,(H,33,37). The van der Waals surface area contributed by atoms with Crippen molar-refractivity contribution in [1.82, 2.24) is 14.5 Å². The number of carbonyl (C=O) groups excluding carboxylic acids is 2. The van der Waals surface area contributed by atoms with E-state index in [9.17, 15) is 23.1 Å². The number of amides is 2. The van der Waals surface area contributed by atoms with E-state index in [0.29, 0.717) is 28.9 Å². The summed E-state index contributed by atoms with van der Waals surface area (Å²) >= 11 is 0. The van der Waals surface area contributed by atoms with Crippen LogP contribution in [0.15, 0.2) is 103 Å². The molecule has 2 amide bonds. The number of nitrogens with zero attached hydrogens (tertiary/aromatic N) is 3. The number of nitrogens with one attached hydrogen (secondary N) is 1. The molecule has 4 aromatic rings. The van der Waals surface area contributed by atoms with Gasteiger partial charge in [-0.2, -0.15) is 5.10 Å². The van der Waals surface area contributed by atoms with Crippen molar-refractivity contribution in [1.29, 1.82) is 0 Å². The summed E-state index contributed by atoms with van der Waals surface area (Å²) in [5.41, 5.74) is 3.49. The quantitative estimate of drug-likeness (QED) is 0.250. The predicted molar refractivity (Wildman–Crippen MR) is 158 cm³/mol. The number of anilines is 1. The van der Waals surface area contributed by atoms with Crippen LogP contribution < -0.4 is 9.62 Å². The maximum Gasteiger partial charge on any atom is 0.257 e. The van der Waals surface area contributed by atoms with E-state index >= 15 is 0 Å². The molecule has 9 nitrogen and oxygen atoms in total. The number of sulfonamides is 1. The van der Waals surface area contributed by atoms with E-state index in [-0.39, 0.29) is 19.6 Å². The summed E-state index contributed by atoms with van der Waals surface area (Å²) in [6.07, 6.45) is 4.65. The van der Waals surface area contributed by atoms with Crippen LogP contribution in [-0.2, 0) is 39.2 Å². The Bertz CT molecular complexity index is 1580. The van der Waals surface area contributed by atoms with Gasteiger partial charge in [-0.05, 0) is 53.8 Å². The lowest BCUT2D eigenvalue weighted by Gasteiger charge is -2.26. The van der Waals surface area contributed by atoms with E-state index in [1.54, 1.807) is 72.5 Å². The van der Waals surface area contributed by atoms with Crippen LogP contribution in [0.5, 0.6) is 0 Å². The average molecular weight is 573 g/mol. The van der Waals surface area contributed by atoms with Gasteiger partial charge in [0.15, 0.2) is 0 Å². The van der Waals surface area contributed by atoms with E-state index in [2.05, 4.69) is 9.82 Å². The van der Waals surface area contributed by atoms with Gasteiger partial charge in [0.1, 0.15) is 5.92 Å². The SMILES string of the molecule is CCN(C(=O)C(Cc1cnn(Cc2ccccc2)c1)C(=O)NS(=O)(=O)C=Cc1ccccc1)c1ccc(CO)cc1. The van der Waals surface area contributed by atoms with Crippen LogP contribution in [0.25, 0.3) is 6.08 Å². The Kier molecular flexibility index (Phi) is 9.83. The van der Waals surface area contributed by atoms with E-state index < -0.39 is 27.8 Å². The molecular weight excluding hydrogens is 540 g/mol. The van der Waals surface area contributed by atoms with Crippen molar-refractivity contribution in [3.8, 4) is 0 Å². The number of aromatic nitrogens is 2. The smallest absolute Gasteiger partial charge is 0.257 e. The van der Waals surface area contributed by atoms with E-state index in [1.807, 2.05) is 36.4 Å². The van der Waals surface area contributed by atoms with Crippen LogP contribution in [0.4, 0.5) is 5.69 Å². The van der Waals surface area contributed by atoms with Gasteiger partial charge in [-0.15, -0.1) is 0 Å². The summed E-state index contributed by atoms with van der Waals surface area (Å²) in [5.74, 6) is -2.84. The van der Waals surface area contributed by atoms with Crippen molar-refractivity contribution in [3.05, 3.63) is 125 Å². The third-order valence-electron chi connectivity index (χ3n) is 6.42. The van der Waals surface area contributed by atoms with Gasteiger partial charge in [-0.1, -0.05) is 72.8 Å². The fourth-order valence-electron chi connectivity index (χ4n) is 4.31. The lowest BCUT2D eigenvalue weighted by Crippen LogP contribution is -2.46. The summed E-state index contributed by atoms with van der Waals surface area (Å²) in [6, 6.07) is 25.3. The Balaban J connectivity index is 1.59. The van der Waals surface area contributed by atoms with Gasteiger partial charge in [0.2, 0.25) is 11.8 Å². The molecule has 1 unspecified atom stereocenters. The van der Waals surface area contributed by atoms with Crippen LogP contribution >= 0.6 is 0 Å². The number of rotatable bonds is 12. The molecule has 2 N–H and O–H groups in total. The molecule has 10 heteroatoms. The highest BCUT2D eigenvalue weighted by Crippen LogP contribution is 2.21. The highest BCUT2D eigenvalue weighted by Gasteiger charge is 2.33. The molecule has 0 radical (unpaired) electrons. The predicted octanol–water partition coefficient (Wildman–Crippen LogP) is 3.75. The zero-order valence-electron chi connectivity index (χ0n) is 22.6. The second-order valence-corrected chi connectivity index (χ2v) is 11.0. The molecule has 1 atom stereocenters. The van der Waals surface area contributed by atoms with E-state index in [0.717, 1.165) is 11.0 Å². The first-order valence-electron chi connectivity index (χ1n) is 13.1. The minimum absolute atomic E-state index is 0.0530. The van der Waals surface area contributed by atoms with Crippen LogP contribution in [0, 0.1) is 5.92 Å². The fraction of sp³-hybridized carbons (Fsp3) is 0.194. The van der Waals surface area contributed by atoms with E-state index in [4.69, 9.17) is 0 Å². The minimum atomic E-state index is -4.19. The summed E-state index contributed by atoms with van der Waals surface area (Å²) in [4.78, 5) is 28.7. The fourth-order valence-corrected chi connectivity index (χ4v) is 5.14. The molecule has 0 aliphatic heterocycles. The van der Waals surface area contributed by atoms with Crippen molar-refractivity contribution in [2.24, 2.45) is 5.92 Å². The number of benzene rings is 3. The van der Waals surface area contributed by atoms with E-state index in [1.165, 1.54) is 11.0 Å². The summed E-state index contributed by atoms with van der Waals surface area (Å²) in [5, 5.41) is 14.7. The topological polar surface area (TPSA) is 122 Å². The van der Waals surface area contributed by atoms with Crippen LogP contribution in [0.2, 0.25) is 0 Å². The second-order valence-electron chi connectivity index (χ2n) is 9.42. The lowest BCUT2D eigenvalue weighted by molar-refractivity contribution is -0.132. The summed E-state index contributed by atoms with van der Waals surface area (Å²) in [6.45, 7) is 2.37. The molecule has 4 rings (SSSR count). The average Bonchev–Trinajstić information content (AvgIpc) is 3.43. The molecule has 1 aromatic heterocycles. The maximum absolute atomic E-state index is 13.8. The van der Waals surface area contributed by atoms with Crippen molar-refractivity contribution in [3.63, 3.8) is 0 Å². The Morgan fingerprint density at radius 2 is 1.61 bits per heavy atom. The highest BCUT2D eigenvalue weighted by atomic mass is 32.2. The molecule has 0 fully saturated rings. The van der Waals surface area contributed by atoms with Crippen LogP contribution in [0.3, 0.4) is 0 Å². The van der Waals surface area contributed by atoms with Crippen molar-refractivity contribution in [2.45, 2.75) is 26.5 Å². The number of hydrogen-bond acceptors (Lipinski definition) is 6. The first-order chi connectivity index (χ1) is 19.8. The summed E-state index contributed by atoms with van der Waals surface area (Å²) < 4.78 is 29.4. The van der Waals surface area contributed by atoms with Crippen molar-refractivity contribution < 1.29 is 23.1 Å². The molecule has 3 aromatic carbocycles. The summed E-state index contributed by atoms with van der Waals surface area (Å²) in [7, 11) is -4.19. The third-order valence-corrected chi connectivity index (χ3v) is 7.40. The van der Waals surface area contributed by atoms with Crippen LogP contribution in [-0.4, -0.2) is 41.7 Å². The normalized spacial score (nSPS) is 12.2. The monoisotopic (exact) mass is 572 g/mol. The molecular formula is C31H32N4O5S. The molecule has 0 aliphatic rings. The minimum Gasteiger partial charge on any atom is -0.392 e. The van der Waals surface area contributed by atoms with Crippen LogP contribution in [0.1, 0.15) is 29.2 Å². The van der Waals surface area contributed by atoms with Gasteiger partial charge < -0.3 is 10.0 Å². The Hall–Kier alpha value is -4.54. The molecule has 41 heavy (non-hydrogen) atoms. The molecule has 0 saturated carbocycles. The Labute approximate surface area is 239 Å². The third kappa shape index (κ3) is 8.23. The number of aliphatic hydroxyl groups is 1. The Morgan fingerprint density at radius 3 is 2.24 bits per heavy atom. The highest BCUT2D eigenvalue weighted by molar-refractivity contribution is 7.93. The lowest BCUT2D eigenvalue weighted by atomic mass is 9.98. The number of hydrogen-bond donors (Lipinski definition) is 2. The van der Waals surface area contributed by atoms with Gasteiger partial charge in [0.05, 0.1) is 24.8 Å². The van der Waals surface area contributed by atoms with Gasteiger partial charge in [0, 0.05) is 18.4 Å².